The molecule has 2 aromatic heterocycles. The maximum absolute atomic E-state index is 13.2. The van der Waals surface area contributed by atoms with Gasteiger partial charge in [-0.15, -0.1) is 34.6 Å². The van der Waals surface area contributed by atoms with Crippen molar-refractivity contribution in [3.05, 3.63) is 22.3 Å². The molecule has 0 aromatic carbocycles. The molecule has 1 aliphatic carbocycles. The van der Waals surface area contributed by atoms with Crippen LogP contribution in [0.3, 0.4) is 0 Å². The highest BCUT2D eigenvalue weighted by atomic mass is 32.2. The average molecular weight is 590 g/mol. The van der Waals surface area contributed by atoms with Gasteiger partial charge in [-0.1, -0.05) is 22.8 Å². The number of carbonyl (C=O) groups excluding carboxylic acids is 2. The molecule has 39 heavy (non-hydrogen) atoms. The number of aliphatic carboxylic acids is 1. The summed E-state index contributed by atoms with van der Waals surface area (Å²) >= 11 is 3.73. The van der Waals surface area contributed by atoms with Gasteiger partial charge in [0.05, 0.1) is 0 Å². The first kappa shape index (κ1) is 27.0. The van der Waals surface area contributed by atoms with E-state index in [2.05, 4.69) is 36.9 Å². The number of terminal acetylenes is 1. The molecule has 0 bridgehead atoms. The predicted molar refractivity (Wildman–Crippen MR) is 143 cm³/mol. The van der Waals surface area contributed by atoms with Crippen molar-refractivity contribution in [1.82, 2.24) is 35.4 Å². The topological polar surface area (TPSA) is 191 Å². The highest BCUT2D eigenvalue weighted by Crippen LogP contribution is 2.41. The highest BCUT2D eigenvalue weighted by Gasteiger charge is 2.54. The number of rotatable bonds is 10. The zero-order valence-corrected chi connectivity index (χ0v) is 22.8. The minimum absolute atomic E-state index is 0.0855. The van der Waals surface area contributed by atoms with Gasteiger partial charge in [-0.25, -0.2) is 14.5 Å². The van der Waals surface area contributed by atoms with Crippen LogP contribution in [0.15, 0.2) is 27.0 Å². The van der Waals surface area contributed by atoms with E-state index in [0.717, 1.165) is 37.0 Å². The quantitative estimate of drug-likeness (QED) is 0.115. The van der Waals surface area contributed by atoms with Crippen molar-refractivity contribution < 1.29 is 24.3 Å². The number of aromatic nitrogens is 5. The number of β-lactam (4-membered cyclic amide) rings is 1. The number of nitrogens with two attached hydrogens (primary N) is 1. The molecule has 204 valence electrons. The van der Waals surface area contributed by atoms with Crippen molar-refractivity contribution in [3.63, 3.8) is 0 Å². The van der Waals surface area contributed by atoms with Crippen LogP contribution < -0.4 is 11.1 Å². The second-order valence-corrected chi connectivity index (χ2v) is 11.7. The van der Waals surface area contributed by atoms with Crippen molar-refractivity contribution in [2.75, 3.05) is 17.2 Å². The minimum Gasteiger partial charge on any atom is -0.477 e. The van der Waals surface area contributed by atoms with Crippen molar-refractivity contribution in [2.45, 2.75) is 54.9 Å². The lowest BCUT2D eigenvalue weighted by atomic mass is 10.0. The fourth-order valence-corrected chi connectivity index (χ4v) is 7.27. The van der Waals surface area contributed by atoms with Crippen LogP contribution in [-0.4, -0.2) is 87.7 Å². The van der Waals surface area contributed by atoms with Crippen LogP contribution >= 0.6 is 34.9 Å². The largest absolute Gasteiger partial charge is 0.477 e. The average Bonchev–Trinajstić information content (AvgIpc) is 3.69. The van der Waals surface area contributed by atoms with Crippen LogP contribution in [0.25, 0.3) is 0 Å². The number of tetrazole rings is 1. The number of amides is 2. The molecular weight excluding hydrogens is 567 g/mol. The van der Waals surface area contributed by atoms with E-state index in [-0.39, 0.29) is 40.6 Å². The monoisotopic (exact) mass is 589 g/mol. The van der Waals surface area contributed by atoms with Crippen molar-refractivity contribution in [3.8, 4) is 12.3 Å². The number of nitrogen functional groups attached to an aromatic ring is 1. The summed E-state index contributed by atoms with van der Waals surface area (Å²) in [5.41, 5.74) is 6.33. The molecular formula is C22H23N9O5S3. The smallest absolute Gasteiger partial charge is 0.352 e. The number of carboxylic acids is 1. The number of carboxylic acid groups (broad SMARTS) is 1. The van der Waals surface area contributed by atoms with Gasteiger partial charge in [-0.2, -0.15) is 0 Å². The van der Waals surface area contributed by atoms with E-state index in [0.29, 0.717) is 16.5 Å². The number of hydrogen-bond donors (Lipinski definition) is 3. The first-order valence-corrected chi connectivity index (χ1v) is 14.8. The van der Waals surface area contributed by atoms with Crippen LogP contribution in [0.1, 0.15) is 31.4 Å². The third-order valence-corrected chi connectivity index (χ3v) is 9.28. The Bertz CT molecular complexity index is 1390. The van der Waals surface area contributed by atoms with E-state index in [1.54, 1.807) is 5.38 Å². The number of nitrogens with one attached hydrogen (secondary N) is 1. The Balaban J connectivity index is 1.30. The molecule has 2 amide bonds. The lowest BCUT2D eigenvalue weighted by Gasteiger charge is -2.49. The molecule has 0 radical (unpaired) electrons. The van der Waals surface area contributed by atoms with E-state index in [9.17, 15) is 19.5 Å². The number of thioether (sulfide) groups is 2. The second kappa shape index (κ2) is 11.6. The third kappa shape index (κ3) is 5.58. The Morgan fingerprint density at radius 2 is 2.18 bits per heavy atom. The van der Waals surface area contributed by atoms with Crippen LogP contribution in [-0.2, 0) is 25.8 Å². The Labute approximate surface area is 234 Å². The van der Waals surface area contributed by atoms with E-state index in [4.69, 9.17) is 17.0 Å². The second-order valence-electron chi connectivity index (χ2n) is 8.75. The molecule has 14 nitrogen and oxygen atoms in total. The fraction of sp³-hybridized carbons (Fsp3) is 0.455. The Morgan fingerprint density at radius 1 is 1.38 bits per heavy atom. The zero-order valence-electron chi connectivity index (χ0n) is 20.3. The van der Waals surface area contributed by atoms with E-state index in [1.807, 2.05) is 0 Å². The van der Waals surface area contributed by atoms with Crippen LogP contribution in [0.5, 0.6) is 0 Å². The van der Waals surface area contributed by atoms with Gasteiger partial charge in [-0.3, -0.25) is 14.5 Å². The number of hydrogen-bond acceptors (Lipinski definition) is 13. The van der Waals surface area contributed by atoms with Crippen molar-refractivity contribution >= 4 is 63.5 Å². The van der Waals surface area contributed by atoms with E-state index >= 15 is 0 Å². The molecule has 1 saturated carbocycles. The molecule has 3 aliphatic rings. The molecule has 5 rings (SSSR count). The molecule has 2 aliphatic heterocycles. The molecule has 17 heteroatoms. The highest BCUT2D eigenvalue weighted by molar-refractivity contribution is 8.01. The molecule has 2 aromatic rings. The fourth-order valence-electron chi connectivity index (χ4n) is 4.36. The summed E-state index contributed by atoms with van der Waals surface area (Å²) < 4.78 is 1.43. The Hall–Kier alpha value is -3.62. The Kier molecular flexibility index (Phi) is 8.04. The SMILES string of the molecule is C#CCn1nnnc1SCC1=C(C(=O)O)N2C(=O)C(NC(=O)/C(=N/OC3CCCC3)c3csc(N)n3)C2SC1. The first-order chi connectivity index (χ1) is 18.9. The summed E-state index contributed by atoms with van der Waals surface area (Å²) in [6, 6.07) is -0.943. The normalized spacial score (nSPS) is 21.4. The summed E-state index contributed by atoms with van der Waals surface area (Å²) in [6.07, 6.45) is 8.98. The molecule has 2 atom stereocenters. The molecule has 1 saturated heterocycles. The molecule has 4 N–H and O–H groups in total. The lowest BCUT2D eigenvalue weighted by molar-refractivity contribution is -0.150. The van der Waals surface area contributed by atoms with Gasteiger partial charge in [0.1, 0.15) is 35.5 Å². The summed E-state index contributed by atoms with van der Waals surface area (Å²) in [6.45, 7) is 0.174. The molecule has 4 heterocycles. The number of nitrogens with zero attached hydrogens (tertiary/aromatic N) is 7. The first-order valence-electron chi connectivity index (χ1n) is 11.9. The molecule has 0 spiro atoms. The summed E-state index contributed by atoms with van der Waals surface area (Å²) in [7, 11) is 0. The van der Waals surface area contributed by atoms with Gasteiger partial charge in [-0.05, 0) is 41.7 Å². The number of fused-ring (bicyclic) bond motifs is 1. The summed E-state index contributed by atoms with van der Waals surface area (Å²) in [5.74, 6) is 0.603. The van der Waals surface area contributed by atoms with Crippen molar-refractivity contribution in [2.24, 2.45) is 5.16 Å². The lowest BCUT2D eigenvalue weighted by Crippen LogP contribution is -2.71. The molecule has 2 unspecified atom stereocenters. The van der Waals surface area contributed by atoms with Gasteiger partial charge >= 0.3 is 5.97 Å². The summed E-state index contributed by atoms with van der Waals surface area (Å²) in [4.78, 5) is 49.5. The van der Waals surface area contributed by atoms with E-state index in [1.165, 1.54) is 33.1 Å². The number of thiazole rings is 1. The van der Waals surface area contributed by atoms with Gasteiger partial charge in [0.15, 0.2) is 10.8 Å². The number of oxime groups is 1. The number of anilines is 1. The van der Waals surface area contributed by atoms with Gasteiger partial charge < -0.3 is 21.0 Å². The van der Waals surface area contributed by atoms with Crippen LogP contribution in [0, 0.1) is 12.3 Å². The van der Waals surface area contributed by atoms with Gasteiger partial charge in [0.2, 0.25) is 5.16 Å². The minimum atomic E-state index is -1.23. The standard InChI is InChI=1S/C22H23N9O5S3/c1-2-7-30-22(26-28-29-30)39-9-11-8-37-19-15(18(33)31(19)16(11)20(34)35)25-17(32)14(13-10-38-21(23)24-13)27-36-12-5-3-4-6-12/h1,10,12,15,19H,3-9H2,(H2,23,24)(H,25,32)(H,34,35)/b27-14+. The van der Waals surface area contributed by atoms with Crippen molar-refractivity contribution in [1.29, 1.82) is 0 Å². The predicted octanol–water partition coefficient (Wildman–Crippen LogP) is 0.539. The van der Waals surface area contributed by atoms with E-state index < -0.39 is 29.2 Å². The molecule has 2 fully saturated rings. The van der Waals surface area contributed by atoms with Crippen LogP contribution in [0.2, 0.25) is 0 Å². The summed E-state index contributed by atoms with van der Waals surface area (Å²) in [5, 5.41) is 29.7. The maximum Gasteiger partial charge on any atom is 0.352 e. The third-order valence-electron chi connectivity index (χ3n) is 6.23. The van der Waals surface area contributed by atoms with Gasteiger partial charge in [0.25, 0.3) is 11.8 Å². The zero-order chi connectivity index (χ0) is 27.5. The van der Waals surface area contributed by atoms with Gasteiger partial charge in [0, 0.05) is 16.9 Å². The maximum atomic E-state index is 13.2. The van der Waals surface area contributed by atoms with Crippen LogP contribution in [0.4, 0.5) is 5.13 Å². The number of carbonyl (C=O) groups is 3. The Morgan fingerprint density at radius 3 is 2.87 bits per heavy atom.